The van der Waals surface area contributed by atoms with Gasteiger partial charge in [0, 0.05) is 11.8 Å². The van der Waals surface area contributed by atoms with Crippen molar-refractivity contribution in [2.45, 2.75) is 4.90 Å². The Labute approximate surface area is 123 Å². The van der Waals surface area contributed by atoms with Gasteiger partial charge in [0.1, 0.15) is 0 Å². The molecule has 1 amide bonds. The van der Waals surface area contributed by atoms with Crippen LogP contribution < -0.4 is 10.5 Å². The van der Waals surface area contributed by atoms with Crippen LogP contribution in [0.15, 0.2) is 65.6 Å². The third kappa shape index (κ3) is 4.19. The number of rotatable bonds is 5. The second kappa shape index (κ2) is 6.23. The Bertz CT molecular complexity index is 769. The van der Waals surface area contributed by atoms with Crippen LogP contribution in [0.3, 0.4) is 0 Å². The number of sulfonamides is 1. The molecule has 0 unspecified atom stereocenters. The number of primary amides is 1. The number of para-hydroxylation sites is 1. The van der Waals surface area contributed by atoms with E-state index in [4.69, 9.17) is 5.73 Å². The van der Waals surface area contributed by atoms with Crippen LogP contribution >= 0.6 is 0 Å². The molecular formula is C15H14N2O3S. The Morgan fingerprint density at radius 3 is 2.43 bits per heavy atom. The second-order valence-electron chi connectivity index (χ2n) is 4.28. The first kappa shape index (κ1) is 14.8. The maximum atomic E-state index is 12.3. The summed E-state index contributed by atoms with van der Waals surface area (Å²) in [7, 11) is -3.67. The van der Waals surface area contributed by atoms with Gasteiger partial charge < -0.3 is 5.73 Å². The molecule has 0 atom stereocenters. The van der Waals surface area contributed by atoms with E-state index in [1.165, 1.54) is 24.3 Å². The highest BCUT2D eigenvalue weighted by Crippen LogP contribution is 2.17. The molecule has 0 aliphatic carbocycles. The number of nitrogens with one attached hydrogen (secondary N) is 1. The highest BCUT2D eigenvalue weighted by molar-refractivity contribution is 7.92. The van der Waals surface area contributed by atoms with Gasteiger partial charge in [-0.3, -0.25) is 9.52 Å². The van der Waals surface area contributed by atoms with Crippen LogP contribution in [0.5, 0.6) is 0 Å². The van der Waals surface area contributed by atoms with Crippen molar-refractivity contribution in [3.63, 3.8) is 0 Å². The Morgan fingerprint density at radius 2 is 1.76 bits per heavy atom. The van der Waals surface area contributed by atoms with Crippen LogP contribution in [0, 0.1) is 0 Å². The Morgan fingerprint density at radius 1 is 1.05 bits per heavy atom. The first-order valence-corrected chi connectivity index (χ1v) is 7.61. The SMILES string of the molecule is NC(=O)/C=C/c1cccc(S(=O)(=O)Nc2ccccc2)c1. The van der Waals surface area contributed by atoms with E-state index in [9.17, 15) is 13.2 Å². The van der Waals surface area contributed by atoms with Gasteiger partial charge >= 0.3 is 0 Å². The summed E-state index contributed by atoms with van der Waals surface area (Å²) in [5, 5.41) is 0. The van der Waals surface area contributed by atoms with Gasteiger partial charge in [-0.2, -0.15) is 0 Å². The van der Waals surface area contributed by atoms with Gasteiger partial charge in [0.2, 0.25) is 5.91 Å². The summed E-state index contributed by atoms with van der Waals surface area (Å²) in [6.07, 6.45) is 2.64. The maximum absolute atomic E-state index is 12.3. The number of carbonyl (C=O) groups excluding carboxylic acids is 1. The molecule has 0 fully saturated rings. The monoisotopic (exact) mass is 302 g/mol. The Kier molecular flexibility index (Phi) is 4.39. The average Bonchev–Trinajstić information content (AvgIpc) is 2.46. The molecule has 0 aromatic heterocycles. The minimum Gasteiger partial charge on any atom is -0.366 e. The van der Waals surface area contributed by atoms with E-state index >= 15 is 0 Å². The zero-order chi connectivity index (χ0) is 15.3. The molecule has 0 saturated heterocycles. The van der Waals surface area contributed by atoms with Crippen LogP contribution in [0.2, 0.25) is 0 Å². The van der Waals surface area contributed by atoms with Crippen LogP contribution in [0.1, 0.15) is 5.56 Å². The zero-order valence-electron chi connectivity index (χ0n) is 11.1. The van der Waals surface area contributed by atoms with Crippen molar-refractivity contribution in [2.75, 3.05) is 4.72 Å². The van der Waals surface area contributed by atoms with E-state index in [0.717, 1.165) is 0 Å². The molecule has 0 spiro atoms. The van der Waals surface area contributed by atoms with Gasteiger partial charge in [-0.15, -0.1) is 0 Å². The van der Waals surface area contributed by atoms with E-state index < -0.39 is 15.9 Å². The van der Waals surface area contributed by atoms with Gasteiger partial charge in [-0.05, 0) is 35.9 Å². The topological polar surface area (TPSA) is 89.3 Å². The normalized spacial score (nSPS) is 11.4. The molecule has 0 saturated carbocycles. The van der Waals surface area contributed by atoms with E-state index in [0.29, 0.717) is 11.3 Å². The molecule has 0 heterocycles. The number of benzene rings is 2. The number of nitrogens with two attached hydrogens (primary N) is 1. The summed E-state index contributed by atoms with van der Waals surface area (Å²) >= 11 is 0. The number of amides is 1. The molecule has 108 valence electrons. The minimum atomic E-state index is -3.67. The molecule has 0 radical (unpaired) electrons. The molecule has 2 aromatic rings. The van der Waals surface area contributed by atoms with Gasteiger partial charge in [-0.1, -0.05) is 30.3 Å². The predicted octanol–water partition coefficient (Wildman–Crippen LogP) is 1.99. The molecule has 21 heavy (non-hydrogen) atoms. The molecule has 5 nitrogen and oxygen atoms in total. The second-order valence-corrected chi connectivity index (χ2v) is 5.96. The van der Waals surface area contributed by atoms with Crippen molar-refractivity contribution in [1.29, 1.82) is 0 Å². The summed E-state index contributed by atoms with van der Waals surface area (Å²) in [5.74, 6) is -0.592. The fraction of sp³-hybridized carbons (Fsp3) is 0. The molecule has 2 aromatic carbocycles. The van der Waals surface area contributed by atoms with Crippen molar-refractivity contribution in [1.82, 2.24) is 0 Å². The van der Waals surface area contributed by atoms with Crippen molar-refractivity contribution >= 4 is 27.7 Å². The van der Waals surface area contributed by atoms with E-state index in [-0.39, 0.29) is 4.90 Å². The lowest BCUT2D eigenvalue weighted by atomic mass is 10.2. The predicted molar refractivity (Wildman–Crippen MR) is 81.9 cm³/mol. The molecule has 3 N–H and O–H groups in total. The quantitative estimate of drug-likeness (QED) is 0.828. The van der Waals surface area contributed by atoms with Crippen LogP contribution in [-0.4, -0.2) is 14.3 Å². The van der Waals surface area contributed by atoms with Crippen LogP contribution in [-0.2, 0) is 14.8 Å². The summed E-state index contributed by atoms with van der Waals surface area (Å²) in [5.41, 5.74) is 6.07. The van der Waals surface area contributed by atoms with Crippen molar-refractivity contribution < 1.29 is 13.2 Å². The highest BCUT2D eigenvalue weighted by Gasteiger charge is 2.13. The molecule has 0 bridgehead atoms. The Balaban J connectivity index is 2.28. The smallest absolute Gasteiger partial charge is 0.261 e. The zero-order valence-corrected chi connectivity index (χ0v) is 11.9. The van der Waals surface area contributed by atoms with E-state index in [1.807, 2.05) is 0 Å². The first-order chi connectivity index (χ1) is 9.97. The summed E-state index contributed by atoms with van der Waals surface area (Å²) in [6, 6.07) is 14.8. The van der Waals surface area contributed by atoms with Crippen molar-refractivity contribution in [3.8, 4) is 0 Å². The lowest BCUT2D eigenvalue weighted by Gasteiger charge is -2.08. The highest BCUT2D eigenvalue weighted by atomic mass is 32.2. The number of hydrogen-bond donors (Lipinski definition) is 2. The largest absolute Gasteiger partial charge is 0.366 e. The molecule has 2 rings (SSSR count). The van der Waals surface area contributed by atoms with E-state index in [2.05, 4.69) is 4.72 Å². The molecular weight excluding hydrogens is 288 g/mol. The lowest BCUT2D eigenvalue weighted by molar-refractivity contribution is -0.113. The third-order valence-electron chi connectivity index (χ3n) is 2.63. The van der Waals surface area contributed by atoms with Crippen molar-refractivity contribution in [3.05, 3.63) is 66.2 Å². The maximum Gasteiger partial charge on any atom is 0.261 e. The van der Waals surface area contributed by atoms with E-state index in [1.54, 1.807) is 42.5 Å². The lowest BCUT2D eigenvalue weighted by Crippen LogP contribution is -2.12. The average molecular weight is 302 g/mol. The first-order valence-electron chi connectivity index (χ1n) is 6.13. The molecule has 0 aliphatic heterocycles. The minimum absolute atomic E-state index is 0.109. The van der Waals surface area contributed by atoms with Gasteiger partial charge in [-0.25, -0.2) is 8.42 Å². The summed E-state index contributed by atoms with van der Waals surface area (Å²) < 4.78 is 27.0. The van der Waals surface area contributed by atoms with Crippen LogP contribution in [0.4, 0.5) is 5.69 Å². The molecule has 0 aliphatic rings. The van der Waals surface area contributed by atoms with Gasteiger partial charge in [0.05, 0.1) is 4.90 Å². The third-order valence-corrected chi connectivity index (χ3v) is 4.01. The summed E-state index contributed by atoms with van der Waals surface area (Å²) in [6.45, 7) is 0. The molecule has 6 heteroatoms. The fourth-order valence-electron chi connectivity index (χ4n) is 1.68. The standard InChI is InChI=1S/C15H14N2O3S/c16-15(18)10-9-12-5-4-8-14(11-12)21(19,20)17-13-6-2-1-3-7-13/h1-11,17H,(H2,16,18)/b10-9+. The fourth-order valence-corrected chi connectivity index (χ4v) is 2.80. The van der Waals surface area contributed by atoms with Gasteiger partial charge in [0.25, 0.3) is 10.0 Å². The Hall–Kier alpha value is -2.60. The number of carbonyl (C=O) groups is 1. The number of anilines is 1. The van der Waals surface area contributed by atoms with Crippen LogP contribution in [0.25, 0.3) is 6.08 Å². The van der Waals surface area contributed by atoms with Crippen molar-refractivity contribution in [2.24, 2.45) is 5.73 Å². The number of hydrogen-bond acceptors (Lipinski definition) is 3. The summed E-state index contributed by atoms with van der Waals surface area (Å²) in [4.78, 5) is 10.8. The van der Waals surface area contributed by atoms with Gasteiger partial charge in [0.15, 0.2) is 0 Å².